The number of hydrogen-bond donors (Lipinski definition) is 1. The molecule has 2 atom stereocenters. The summed E-state index contributed by atoms with van der Waals surface area (Å²) in [5.41, 5.74) is 1.40. The van der Waals surface area contributed by atoms with Crippen LogP contribution in [0.15, 0.2) is 42.9 Å². The molecule has 2 aromatic rings. The van der Waals surface area contributed by atoms with Gasteiger partial charge in [0.15, 0.2) is 0 Å². The molecule has 3 rings (SSSR count). The Morgan fingerprint density at radius 2 is 2.18 bits per heavy atom. The van der Waals surface area contributed by atoms with Crippen molar-refractivity contribution in [2.45, 2.75) is 19.1 Å². The van der Waals surface area contributed by atoms with Gasteiger partial charge in [0.2, 0.25) is 0 Å². The average molecular weight is 301 g/mol. The van der Waals surface area contributed by atoms with Gasteiger partial charge in [0.25, 0.3) is 5.91 Å². The van der Waals surface area contributed by atoms with Gasteiger partial charge in [-0.25, -0.2) is 4.98 Å². The molecule has 6 heteroatoms. The van der Waals surface area contributed by atoms with Gasteiger partial charge in [0, 0.05) is 12.2 Å². The van der Waals surface area contributed by atoms with E-state index in [0.29, 0.717) is 18.8 Å². The van der Waals surface area contributed by atoms with Crippen molar-refractivity contribution in [2.75, 3.05) is 19.8 Å². The molecule has 22 heavy (non-hydrogen) atoms. The lowest BCUT2D eigenvalue weighted by atomic mass is 10.2. The van der Waals surface area contributed by atoms with E-state index in [1.165, 1.54) is 0 Å². The van der Waals surface area contributed by atoms with E-state index in [2.05, 4.69) is 4.98 Å². The molecule has 0 aliphatic carbocycles. The third-order valence-corrected chi connectivity index (χ3v) is 3.86. The largest absolute Gasteiger partial charge is 0.394 e. The minimum absolute atomic E-state index is 0.0329. The van der Waals surface area contributed by atoms with Gasteiger partial charge in [-0.1, -0.05) is 18.2 Å². The van der Waals surface area contributed by atoms with Crippen molar-refractivity contribution >= 4 is 5.91 Å². The van der Waals surface area contributed by atoms with Crippen LogP contribution in [0, 0.1) is 0 Å². The minimum Gasteiger partial charge on any atom is -0.394 e. The zero-order chi connectivity index (χ0) is 15.5. The van der Waals surface area contributed by atoms with Crippen LogP contribution in [-0.2, 0) is 4.74 Å². The molecule has 2 unspecified atom stereocenters. The summed E-state index contributed by atoms with van der Waals surface area (Å²) in [5, 5.41) is 9.26. The number of nitrogens with zero attached hydrogens (tertiary/aromatic N) is 3. The van der Waals surface area contributed by atoms with Crippen molar-refractivity contribution in [3.05, 3.63) is 48.5 Å². The Balaban J connectivity index is 1.88. The Morgan fingerprint density at radius 3 is 2.91 bits per heavy atom. The highest BCUT2D eigenvalue weighted by Crippen LogP contribution is 2.18. The number of aliphatic hydroxyl groups excluding tert-OH is 1. The van der Waals surface area contributed by atoms with E-state index in [1.807, 2.05) is 37.3 Å². The number of hydrogen-bond acceptors (Lipinski definition) is 4. The molecule has 1 fully saturated rings. The third kappa shape index (κ3) is 2.75. The Labute approximate surface area is 129 Å². The molecule has 0 bridgehead atoms. The first-order valence-electron chi connectivity index (χ1n) is 7.32. The highest BCUT2D eigenvalue weighted by molar-refractivity contribution is 5.93. The van der Waals surface area contributed by atoms with Crippen molar-refractivity contribution in [2.24, 2.45) is 0 Å². The summed E-state index contributed by atoms with van der Waals surface area (Å²) in [6, 6.07) is 9.59. The van der Waals surface area contributed by atoms with E-state index < -0.39 is 0 Å². The zero-order valence-corrected chi connectivity index (χ0v) is 12.4. The van der Waals surface area contributed by atoms with E-state index in [-0.39, 0.29) is 24.7 Å². The smallest absolute Gasteiger partial charge is 0.272 e. The molecule has 0 radical (unpaired) electrons. The van der Waals surface area contributed by atoms with Gasteiger partial charge in [-0.3, -0.25) is 9.36 Å². The first-order chi connectivity index (χ1) is 10.7. The number of rotatable bonds is 3. The average Bonchev–Trinajstić information content (AvgIpc) is 3.05. The van der Waals surface area contributed by atoms with E-state index >= 15 is 0 Å². The monoisotopic (exact) mass is 301 g/mol. The number of imidazole rings is 1. The van der Waals surface area contributed by atoms with Gasteiger partial charge in [0.05, 0.1) is 37.9 Å². The molecule has 0 spiro atoms. The summed E-state index contributed by atoms with van der Waals surface area (Å²) in [7, 11) is 0. The Morgan fingerprint density at radius 1 is 1.41 bits per heavy atom. The molecule has 1 aliphatic heterocycles. The van der Waals surface area contributed by atoms with Crippen molar-refractivity contribution in [3.63, 3.8) is 0 Å². The van der Waals surface area contributed by atoms with Crippen molar-refractivity contribution < 1.29 is 14.6 Å². The summed E-state index contributed by atoms with van der Waals surface area (Å²) >= 11 is 0. The van der Waals surface area contributed by atoms with Gasteiger partial charge in [0.1, 0.15) is 5.69 Å². The number of carbonyl (C=O) groups is 1. The number of aliphatic hydroxyl groups is 1. The number of aromatic nitrogens is 2. The van der Waals surface area contributed by atoms with Gasteiger partial charge in [-0.2, -0.15) is 0 Å². The second-order valence-corrected chi connectivity index (χ2v) is 5.43. The lowest BCUT2D eigenvalue weighted by Crippen LogP contribution is -2.52. The normalized spacial score (nSPS) is 21.8. The first-order valence-corrected chi connectivity index (χ1v) is 7.32. The quantitative estimate of drug-likeness (QED) is 0.921. The summed E-state index contributed by atoms with van der Waals surface area (Å²) in [5.74, 6) is -0.101. The maximum absolute atomic E-state index is 12.9. The van der Waals surface area contributed by atoms with E-state index in [0.717, 1.165) is 5.69 Å². The van der Waals surface area contributed by atoms with E-state index in [1.54, 1.807) is 22.0 Å². The molecule has 0 saturated carbocycles. The van der Waals surface area contributed by atoms with Crippen LogP contribution in [0.4, 0.5) is 0 Å². The zero-order valence-electron chi connectivity index (χ0n) is 12.4. The van der Waals surface area contributed by atoms with Crippen LogP contribution >= 0.6 is 0 Å². The van der Waals surface area contributed by atoms with Gasteiger partial charge in [-0.15, -0.1) is 0 Å². The second kappa shape index (κ2) is 6.29. The maximum Gasteiger partial charge on any atom is 0.272 e. The Bertz CT molecular complexity index is 641. The number of benzene rings is 1. The van der Waals surface area contributed by atoms with Crippen LogP contribution in [0.2, 0.25) is 0 Å². The van der Waals surface area contributed by atoms with E-state index in [4.69, 9.17) is 4.74 Å². The molecular weight excluding hydrogens is 282 g/mol. The minimum atomic E-state index is -0.326. The molecule has 1 aromatic heterocycles. The molecular formula is C16H19N3O3. The standard InChI is InChI=1S/C16H19N3O3/c1-12-10-22-14(9-20)8-18(12)16(21)15-7-17-11-19(15)13-5-3-2-4-6-13/h2-7,11-12,14,20H,8-10H2,1H3. The number of morpholine rings is 1. The summed E-state index contributed by atoms with van der Waals surface area (Å²) in [4.78, 5) is 18.7. The highest BCUT2D eigenvalue weighted by atomic mass is 16.5. The SMILES string of the molecule is CC1COC(CO)CN1C(=O)c1cncn1-c1ccccc1. The van der Waals surface area contributed by atoms with Crippen LogP contribution < -0.4 is 0 Å². The number of amides is 1. The summed E-state index contributed by atoms with van der Waals surface area (Å²) in [6.07, 6.45) is 2.89. The molecule has 1 saturated heterocycles. The number of carbonyl (C=O) groups excluding carboxylic acids is 1. The number of para-hydroxylation sites is 1. The Kier molecular flexibility index (Phi) is 4.22. The first kappa shape index (κ1) is 14.7. The van der Waals surface area contributed by atoms with Crippen LogP contribution in [0.3, 0.4) is 0 Å². The Hall–Kier alpha value is -2.18. The molecule has 1 aliphatic rings. The molecule has 1 amide bonds. The number of ether oxygens (including phenoxy) is 1. The predicted molar refractivity (Wildman–Crippen MR) is 80.9 cm³/mol. The topological polar surface area (TPSA) is 67.6 Å². The fourth-order valence-corrected chi connectivity index (χ4v) is 2.61. The molecule has 6 nitrogen and oxygen atoms in total. The van der Waals surface area contributed by atoms with Crippen molar-refractivity contribution in [1.29, 1.82) is 0 Å². The molecule has 2 heterocycles. The van der Waals surface area contributed by atoms with Crippen LogP contribution in [0.25, 0.3) is 5.69 Å². The van der Waals surface area contributed by atoms with Gasteiger partial charge < -0.3 is 14.7 Å². The van der Waals surface area contributed by atoms with Crippen LogP contribution in [0.1, 0.15) is 17.4 Å². The van der Waals surface area contributed by atoms with Crippen LogP contribution in [0.5, 0.6) is 0 Å². The molecule has 116 valence electrons. The lowest BCUT2D eigenvalue weighted by Gasteiger charge is -2.37. The maximum atomic E-state index is 12.9. The summed E-state index contributed by atoms with van der Waals surface area (Å²) in [6.45, 7) is 2.66. The summed E-state index contributed by atoms with van der Waals surface area (Å²) < 4.78 is 7.26. The lowest BCUT2D eigenvalue weighted by molar-refractivity contribution is -0.0669. The molecule has 1 aromatic carbocycles. The fourth-order valence-electron chi connectivity index (χ4n) is 2.61. The van der Waals surface area contributed by atoms with Gasteiger partial charge >= 0.3 is 0 Å². The van der Waals surface area contributed by atoms with Crippen molar-refractivity contribution in [3.8, 4) is 5.69 Å². The van der Waals surface area contributed by atoms with Crippen molar-refractivity contribution in [1.82, 2.24) is 14.5 Å². The van der Waals surface area contributed by atoms with Gasteiger partial charge in [-0.05, 0) is 19.1 Å². The van der Waals surface area contributed by atoms with Crippen LogP contribution in [-0.4, -0.2) is 57.4 Å². The predicted octanol–water partition coefficient (Wildman–Crippen LogP) is 1.09. The fraction of sp³-hybridized carbons (Fsp3) is 0.375. The molecule has 1 N–H and O–H groups in total. The third-order valence-electron chi connectivity index (χ3n) is 3.86. The second-order valence-electron chi connectivity index (χ2n) is 5.43. The highest BCUT2D eigenvalue weighted by Gasteiger charge is 2.31. The van der Waals surface area contributed by atoms with E-state index in [9.17, 15) is 9.90 Å².